The summed E-state index contributed by atoms with van der Waals surface area (Å²) in [4.78, 5) is 83.9. The van der Waals surface area contributed by atoms with Gasteiger partial charge in [0.05, 0.1) is 71.2 Å². The lowest BCUT2D eigenvalue weighted by atomic mass is 10.1. The van der Waals surface area contributed by atoms with Crippen LogP contribution in [0.15, 0.2) is 84.9 Å². The van der Waals surface area contributed by atoms with Crippen molar-refractivity contribution in [3.05, 3.63) is 119 Å². The maximum atomic E-state index is 14.8. The third-order valence-corrected chi connectivity index (χ3v) is 11.9. The minimum absolute atomic E-state index is 0. The van der Waals surface area contributed by atoms with Gasteiger partial charge in [-0.15, -0.1) is 0 Å². The molecule has 10 rings (SSSR count). The molecule has 4 aromatic carbocycles. The van der Waals surface area contributed by atoms with Crippen molar-refractivity contribution >= 4 is 58.6 Å². The van der Waals surface area contributed by atoms with Crippen LogP contribution >= 0.6 is 0 Å². The molecule has 4 aromatic rings. The van der Waals surface area contributed by atoms with Crippen molar-refractivity contribution in [2.45, 2.75) is 31.5 Å². The Hall–Kier alpha value is -6.88. The van der Waals surface area contributed by atoms with Gasteiger partial charge in [0.2, 0.25) is 0 Å². The highest BCUT2D eigenvalue weighted by molar-refractivity contribution is 6.22. The van der Waals surface area contributed by atoms with Gasteiger partial charge in [0.25, 0.3) is 23.6 Å². The molecule has 6 aliphatic heterocycles. The number of amides is 6. The number of ether oxygens (including phenoxy) is 2. The van der Waals surface area contributed by atoms with E-state index in [2.05, 4.69) is 5.32 Å². The molecule has 6 amide bonds. The number of benzene rings is 4. The number of piperidine rings is 1. The molecule has 6 aliphatic rings. The van der Waals surface area contributed by atoms with E-state index in [1.807, 2.05) is 9.80 Å². The van der Waals surface area contributed by atoms with Crippen LogP contribution in [0.4, 0.5) is 41.1 Å². The maximum absolute atomic E-state index is 14.8. The average molecular weight is 850 g/mol. The molecular weight excluding hydrogens is 805 g/mol. The van der Waals surface area contributed by atoms with E-state index in [1.165, 1.54) is 21.9 Å². The number of anilines is 4. The number of carbonyl (C=O) groups is 6. The third-order valence-electron chi connectivity index (χ3n) is 11.9. The first-order valence-electron chi connectivity index (χ1n) is 20.7. The maximum Gasteiger partial charge on any atom is 0.414 e. The van der Waals surface area contributed by atoms with Crippen LogP contribution in [0.5, 0.6) is 0 Å². The number of hydrogen-bond acceptors (Lipinski definition) is 11. The van der Waals surface area contributed by atoms with E-state index in [0.29, 0.717) is 58.1 Å². The van der Waals surface area contributed by atoms with Crippen LogP contribution in [0.3, 0.4) is 0 Å². The van der Waals surface area contributed by atoms with E-state index in [9.17, 15) is 37.5 Å². The van der Waals surface area contributed by atoms with Gasteiger partial charge in [-0.1, -0.05) is 24.3 Å². The predicted molar refractivity (Wildman–Crippen MR) is 225 cm³/mol. The average Bonchev–Trinajstić information content (AvgIpc) is 3.99. The van der Waals surface area contributed by atoms with Gasteiger partial charge in [0.15, 0.2) is 0 Å². The van der Waals surface area contributed by atoms with Gasteiger partial charge in [0, 0.05) is 40.7 Å². The molecular formula is C45H45F2N7O8. The molecule has 0 spiro atoms. The lowest BCUT2D eigenvalue weighted by molar-refractivity contribution is 0.0550. The minimum Gasteiger partial charge on any atom is -0.442 e. The lowest BCUT2D eigenvalue weighted by Gasteiger charge is -2.30. The quantitative estimate of drug-likeness (QED) is 0.223. The van der Waals surface area contributed by atoms with Crippen molar-refractivity contribution in [3.63, 3.8) is 0 Å². The highest BCUT2D eigenvalue weighted by atomic mass is 19.1. The van der Waals surface area contributed by atoms with E-state index in [0.717, 1.165) is 55.2 Å². The summed E-state index contributed by atoms with van der Waals surface area (Å²) >= 11 is 0. The Kier molecular flexibility index (Phi) is 11.0. The van der Waals surface area contributed by atoms with Gasteiger partial charge in [-0.2, -0.15) is 0 Å². The molecule has 4 fully saturated rings. The number of imide groups is 2. The summed E-state index contributed by atoms with van der Waals surface area (Å²) in [6.45, 7) is 4.83. The molecule has 62 heavy (non-hydrogen) atoms. The molecule has 6 heterocycles. The van der Waals surface area contributed by atoms with Crippen LogP contribution in [-0.2, 0) is 9.47 Å². The highest BCUT2D eigenvalue weighted by Crippen LogP contribution is 2.32. The number of nitrogens with one attached hydrogen (secondary N) is 1. The topological polar surface area (TPSA) is 152 Å². The molecule has 2 atom stereocenters. The molecule has 0 aliphatic carbocycles. The summed E-state index contributed by atoms with van der Waals surface area (Å²) < 4.78 is 40.3. The molecule has 17 heteroatoms. The van der Waals surface area contributed by atoms with Crippen molar-refractivity contribution in [1.29, 1.82) is 0 Å². The Balaban J connectivity index is 0.000000170. The number of cyclic esters (lactones) is 2. The number of fused-ring (bicyclic) bond motifs is 2. The van der Waals surface area contributed by atoms with Crippen molar-refractivity contribution in [2.24, 2.45) is 0 Å². The van der Waals surface area contributed by atoms with Crippen LogP contribution in [0.2, 0.25) is 0 Å². The van der Waals surface area contributed by atoms with E-state index >= 15 is 0 Å². The van der Waals surface area contributed by atoms with Crippen molar-refractivity contribution in [3.8, 4) is 0 Å². The molecule has 0 aromatic heterocycles. The number of carbonyl (C=O) groups excluding carboxylic acids is 6. The smallest absolute Gasteiger partial charge is 0.414 e. The predicted octanol–water partition coefficient (Wildman–Crippen LogP) is 5.54. The summed E-state index contributed by atoms with van der Waals surface area (Å²) in [5, 5.41) is 3.23. The zero-order valence-electron chi connectivity index (χ0n) is 33.6. The molecule has 0 unspecified atom stereocenters. The Bertz CT molecular complexity index is 2240. The molecule has 0 radical (unpaired) electrons. The fraction of sp³-hybridized carbons (Fsp3) is 0.333. The Morgan fingerprint density at radius 2 is 0.919 bits per heavy atom. The molecule has 0 saturated carbocycles. The van der Waals surface area contributed by atoms with Crippen molar-refractivity contribution in [1.82, 2.24) is 15.1 Å². The SMILES string of the molecule is O=C1c2ccccc2C(=O)N1C[C@H]1CN(c2ccc(N3CCCCC3)c(F)c2)C(=O)O1.O=C1c2ccccc2C(=O)N1C[C@H]1CN(c2ccc(N3CCNCC3)c(F)c2)C(=O)O1.[HH]. The molecule has 322 valence electrons. The second-order valence-corrected chi connectivity index (χ2v) is 15.8. The van der Waals surface area contributed by atoms with E-state index in [-0.39, 0.29) is 33.4 Å². The minimum atomic E-state index is -0.689. The highest BCUT2D eigenvalue weighted by Gasteiger charge is 2.42. The standard InChI is InChI=1S/C23H22FN3O4.C22H21FN4O4.H2/c24-19-12-15(8-9-20(19)25-10-4-1-5-11-25)26-13-16(31-23(26)30)14-27-21(28)17-6-2-3-7-18(17)22(27)29;23-18-11-14(5-6-19(18)25-9-7-24-8-10-25)26-12-15(31-22(26)30)13-27-20(28)16-3-1-2-4-17(16)21(27)29;/h2-3,6-9,12,16H,1,4-5,10-11,13-14H2;1-6,11,15,24H,7-10,12-13H2;1H/t16-;15-;/m11./s1. The second-order valence-electron chi connectivity index (χ2n) is 15.8. The summed E-state index contributed by atoms with van der Waals surface area (Å²) in [7, 11) is 0. The Labute approximate surface area is 356 Å². The fourth-order valence-electron chi connectivity index (χ4n) is 8.75. The van der Waals surface area contributed by atoms with Gasteiger partial charge in [-0.3, -0.25) is 38.8 Å². The third kappa shape index (κ3) is 7.67. The van der Waals surface area contributed by atoms with Gasteiger partial charge >= 0.3 is 12.2 Å². The van der Waals surface area contributed by atoms with Crippen LogP contribution < -0.4 is 24.9 Å². The van der Waals surface area contributed by atoms with Crippen LogP contribution in [0, 0.1) is 11.6 Å². The van der Waals surface area contributed by atoms with Gasteiger partial charge in [-0.25, -0.2) is 18.4 Å². The number of nitrogens with zero attached hydrogens (tertiary/aromatic N) is 6. The van der Waals surface area contributed by atoms with Crippen LogP contribution in [0.1, 0.15) is 62.1 Å². The number of rotatable bonds is 8. The first kappa shape index (κ1) is 40.5. The van der Waals surface area contributed by atoms with Crippen molar-refractivity contribution in [2.75, 3.05) is 85.0 Å². The first-order chi connectivity index (χ1) is 30.0. The monoisotopic (exact) mass is 849 g/mol. The Morgan fingerprint density at radius 1 is 0.532 bits per heavy atom. The van der Waals surface area contributed by atoms with Crippen LogP contribution in [-0.4, -0.2) is 123 Å². The lowest BCUT2D eigenvalue weighted by Crippen LogP contribution is -2.43. The molecule has 15 nitrogen and oxygen atoms in total. The summed E-state index contributed by atoms with van der Waals surface area (Å²) in [6, 6.07) is 22.6. The van der Waals surface area contributed by atoms with Crippen LogP contribution in [0.25, 0.3) is 0 Å². The number of halogens is 2. The summed E-state index contributed by atoms with van der Waals surface area (Å²) in [5.74, 6) is -2.38. The second kappa shape index (κ2) is 16.9. The van der Waals surface area contributed by atoms with Gasteiger partial charge in [-0.05, 0) is 79.9 Å². The molecule has 4 saturated heterocycles. The summed E-state index contributed by atoms with van der Waals surface area (Å²) in [6.07, 6.45) is 0.621. The number of piperazine rings is 1. The van der Waals surface area contributed by atoms with E-state index < -0.39 is 53.8 Å². The zero-order valence-corrected chi connectivity index (χ0v) is 33.6. The summed E-state index contributed by atoms with van der Waals surface area (Å²) in [5.41, 5.74) is 3.21. The van der Waals surface area contributed by atoms with Gasteiger partial charge in [0.1, 0.15) is 23.8 Å². The largest absolute Gasteiger partial charge is 0.442 e. The Morgan fingerprint density at radius 3 is 1.31 bits per heavy atom. The molecule has 0 bridgehead atoms. The normalized spacial score (nSPS) is 21.0. The first-order valence-corrected chi connectivity index (χ1v) is 20.7. The number of hydrogen-bond donors (Lipinski definition) is 1. The van der Waals surface area contributed by atoms with E-state index in [1.54, 1.807) is 72.8 Å². The molecule has 1 N–H and O–H groups in total. The fourth-order valence-corrected chi connectivity index (χ4v) is 8.75. The zero-order chi connectivity index (χ0) is 43.1. The van der Waals surface area contributed by atoms with Crippen molar-refractivity contribution < 1.29 is 48.4 Å². The van der Waals surface area contributed by atoms with Gasteiger partial charge < -0.3 is 24.6 Å². The van der Waals surface area contributed by atoms with E-state index in [4.69, 9.17) is 9.47 Å².